The van der Waals surface area contributed by atoms with Crippen molar-refractivity contribution in [2.75, 3.05) is 26.0 Å². The number of anilines is 1. The Morgan fingerprint density at radius 3 is 2.71 bits per heavy atom. The summed E-state index contributed by atoms with van der Waals surface area (Å²) in [5.74, 6) is 0. The van der Waals surface area contributed by atoms with Gasteiger partial charge in [0, 0.05) is 28.9 Å². The van der Waals surface area contributed by atoms with Crippen LogP contribution >= 0.6 is 23.8 Å². The van der Waals surface area contributed by atoms with Crippen molar-refractivity contribution in [2.24, 2.45) is 5.73 Å². The van der Waals surface area contributed by atoms with Gasteiger partial charge in [-0.05, 0) is 39.2 Å². The Balaban J connectivity index is 2.86. The highest BCUT2D eigenvalue weighted by molar-refractivity contribution is 7.80. The van der Waals surface area contributed by atoms with E-state index in [0.29, 0.717) is 16.1 Å². The highest BCUT2D eigenvalue weighted by Gasteiger charge is 2.09. The van der Waals surface area contributed by atoms with Gasteiger partial charge in [0.1, 0.15) is 4.99 Å². The lowest BCUT2D eigenvalue weighted by Crippen LogP contribution is -2.30. The van der Waals surface area contributed by atoms with E-state index in [-0.39, 0.29) is 0 Å². The Hall–Kier alpha value is -0.840. The van der Waals surface area contributed by atoms with Crippen molar-refractivity contribution < 1.29 is 0 Å². The quantitative estimate of drug-likeness (QED) is 0.807. The largest absolute Gasteiger partial charge is 0.389 e. The normalized spacial score (nSPS) is 12.5. The third-order valence-corrected chi connectivity index (χ3v) is 2.74. The van der Waals surface area contributed by atoms with Crippen molar-refractivity contribution in [2.45, 2.75) is 13.0 Å². The van der Waals surface area contributed by atoms with E-state index in [0.717, 1.165) is 17.8 Å². The molecule has 3 nitrogen and oxygen atoms in total. The first-order chi connectivity index (χ1) is 7.90. The first-order valence-corrected chi connectivity index (χ1v) is 6.19. The van der Waals surface area contributed by atoms with Crippen LogP contribution in [0.1, 0.15) is 12.5 Å². The molecular formula is C12H18ClN3S. The molecule has 1 unspecified atom stereocenters. The first kappa shape index (κ1) is 14.2. The van der Waals surface area contributed by atoms with E-state index in [1.807, 2.05) is 26.2 Å². The Morgan fingerprint density at radius 1 is 1.53 bits per heavy atom. The SMILES string of the molecule is CC(CN(C)C)Nc1ccc(Cl)cc1C(N)=S. The van der Waals surface area contributed by atoms with Gasteiger partial charge in [0.25, 0.3) is 0 Å². The zero-order chi connectivity index (χ0) is 13.0. The number of hydrogen-bond acceptors (Lipinski definition) is 3. The van der Waals surface area contributed by atoms with Crippen LogP contribution < -0.4 is 11.1 Å². The monoisotopic (exact) mass is 271 g/mol. The maximum atomic E-state index is 5.93. The number of hydrogen-bond donors (Lipinski definition) is 2. The molecule has 1 rings (SSSR count). The van der Waals surface area contributed by atoms with E-state index in [4.69, 9.17) is 29.6 Å². The lowest BCUT2D eigenvalue weighted by atomic mass is 10.1. The van der Waals surface area contributed by atoms with Gasteiger partial charge in [-0.15, -0.1) is 0 Å². The number of rotatable bonds is 5. The van der Waals surface area contributed by atoms with E-state index < -0.39 is 0 Å². The van der Waals surface area contributed by atoms with Gasteiger partial charge in [-0.1, -0.05) is 23.8 Å². The molecule has 0 bridgehead atoms. The van der Waals surface area contributed by atoms with Crippen LogP contribution in [0.4, 0.5) is 5.69 Å². The number of thiocarbonyl (C=S) groups is 1. The van der Waals surface area contributed by atoms with Gasteiger partial charge in [-0.3, -0.25) is 0 Å². The van der Waals surface area contributed by atoms with Gasteiger partial charge in [-0.25, -0.2) is 0 Å². The van der Waals surface area contributed by atoms with Crippen molar-refractivity contribution >= 4 is 34.5 Å². The molecule has 0 heterocycles. The maximum absolute atomic E-state index is 5.93. The smallest absolute Gasteiger partial charge is 0.106 e. The lowest BCUT2D eigenvalue weighted by molar-refractivity contribution is 0.392. The first-order valence-electron chi connectivity index (χ1n) is 5.40. The summed E-state index contributed by atoms with van der Waals surface area (Å²) < 4.78 is 0. The fourth-order valence-electron chi connectivity index (χ4n) is 1.71. The summed E-state index contributed by atoms with van der Waals surface area (Å²) in [5, 5.41) is 4.02. The molecule has 0 saturated carbocycles. The number of likely N-dealkylation sites (N-methyl/N-ethyl adjacent to an activating group) is 1. The summed E-state index contributed by atoms with van der Waals surface area (Å²) >= 11 is 10.9. The molecule has 0 aliphatic carbocycles. The third-order valence-electron chi connectivity index (χ3n) is 2.29. The van der Waals surface area contributed by atoms with Gasteiger partial charge < -0.3 is 16.0 Å². The molecule has 1 aromatic carbocycles. The topological polar surface area (TPSA) is 41.3 Å². The minimum Gasteiger partial charge on any atom is -0.389 e. The predicted octanol–water partition coefficient (Wildman–Crippen LogP) is 2.34. The zero-order valence-electron chi connectivity index (χ0n) is 10.3. The molecule has 0 aromatic heterocycles. The molecule has 0 fully saturated rings. The van der Waals surface area contributed by atoms with E-state index >= 15 is 0 Å². The van der Waals surface area contributed by atoms with Crippen LogP contribution in [0.25, 0.3) is 0 Å². The van der Waals surface area contributed by atoms with E-state index in [1.54, 1.807) is 6.07 Å². The van der Waals surface area contributed by atoms with Crippen LogP contribution in [0.3, 0.4) is 0 Å². The third kappa shape index (κ3) is 4.50. The number of benzene rings is 1. The Kier molecular flexibility index (Phi) is 5.18. The molecule has 17 heavy (non-hydrogen) atoms. The van der Waals surface area contributed by atoms with Gasteiger partial charge in [0.15, 0.2) is 0 Å². The van der Waals surface area contributed by atoms with Crippen LogP contribution in [0.15, 0.2) is 18.2 Å². The molecule has 5 heteroatoms. The second kappa shape index (κ2) is 6.19. The summed E-state index contributed by atoms with van der Waals surface area (Å²) in [6.07, 6.45) is 0. The molecule has 0 radical (unpaired) electrons. The molecule has 94 valence electrons. The number of nitrogens with two attached hydrogens (primary N) is 1. The molecular weight excluding hydrogens is 254 g/mol. The zero-order valence-corrected chi connectivity index (χ0v) is 11.9. The summed E-state index contributed by atoms with van der Waals surface area (Å²) in [7, 11) is 4.07. The summed E-state index contributed by atoms with van der Waals surface area (Å²) in [4.78, 5) is 2.47. The Labute approximate surface area is 113 Å². The minimum atomic E-state index is 0.305. The van der Waals surface area contributed by atoms with Crippen molar-refractivity contribution in [3.63, 3.8) is 0 Å². The highest BCUT2D eigenvalue weighted by atomic mass is 35.5. The Morgan fingerprint density at radius 2 is 2.18 bits per heavy atom. The fraction of sp³-hybridized carbons (Fsp3) is 0.417. The fourth-order valence-corrected chi connectivity index (χ4v) is 2.05. The lowest BCUT2D eigenvalue weighted by Gasteiger charge is -2.21. The van der Waals surface area contributed by atoms with Crippen molar-refractivity contribution in [1.29, 1.82) is 0 Å². The number of nitrogens with zero attached hydrogens (tertiary/aromatic N) is 1. The second-order valence-corrected chi connectivity index (χ2v) is 5.24. The molecule has 0 aliphatic heterocycles. The van der Waals surface area contributed by atoms with Crippen molar-refractivity contribution in [3.8, 4) is 0 Å². The summed E-state index contributed by atoms with van der Waals surface area (Å²) in [6.45, 7) is 3.04. The molecule has 3 N–H and O–H groups in total. The number of halogens is 1. The van der Waals surface area contributed by atoms with E-state index in [2.05, 4.69) is 17.1 Å². The highest BCUT2D eigenvalue weighted by Crippen LogP contribution is 2.21. The molecule has 0 saturated heterocycles. The number of nitrogens with one attached hydrogen (secondary N) is 1. The van der Waals surface area contributed by atoms with Crippen LogP contribution in [0.2, 0.25) is 5.02 Å². The van der Waals surface area contributed by atoms with Gasteiger partial charge in [0.05, 0.1) is 0 Å². The molecule has 1 atom stereocenters. The molecule has 0 aliphatic rings. The van der Waals surface area contributed by atoms with E-state index in [9.17, 15) is 0 Å². The average Bonchev–Trinajstić information content (AvgIpc) is 2.19. The minimum absolute atomic E-state index is 0.305. The molecule has 1 aromatic rings. The second-order valence-electron chi connectivity index (χ2n) is 4.36. The molecule has 0 spiro atoms. The maximum Gasteiger partial charge on any atom is 0.106 e. The van der Waals surface area contributed by atoms with Crippen LogP contribution in [-0.2, 0) is 0 Å². The van der Waals surface area contributed by atoms with Crippen molar-refractivity contribution in [3.05, 3.63) is 28.8 Å². The van der Waals surface area contributed by atoms with Gasteiger partial charge >= 0.3 is 0 Å². The van der Waals surface area contributed by atoms with Gasteiger partial charge in [-0.2, -0.15) is 0 Å². The van der Waals surface area contributed by atoms with Crippen LogP contribution in [0.5, 0.6) is 0 Å². The average molecular weight is 272 g/mol. The summed E-state index contributed by atoms with van der Waals surface area (Å²) in [5.41, 5.74) is 7.40. The van der Waals surface area contributed by atoms with Crippen molar-refractivity contribution in [1.82, 2.24) is 4.90 Å². The van der Waals surface area contributed by atoms with Gasteiger partial charge in [0.2, 0.25) is 0 Å². The van der Waals surface area contributed by atoms with E-state index in [1.165, 1.54) is 0 Å². The predicted molar refractivity (Wildman–Crippen MR) is 79.0 cm³/mol. The summed E-state index contributed by atoms with van der Waals surface area (Å²) in [6, 6.07) is 5.82. The van der Waals surface area contributed by atoms with Crippen LogP contribution in [0, 0.1) is 0 Å². The molecule has 0 amide bonds. The standard InChI is InChI=1S/C12H18ClN3S/c1-8(7-16(2)3)15-11-5-4-9(13)6-10(11)12(14)17/h4-6,8,15H,7H2,1-3H3,(H2,14,17). The Bertz CT molecular complexity index is 407. The van der Waals surface area contributed by atoms with Crippen LogP contribution in [-0.4, -0.2) is 36.6 Å².